The number of piperidine rings is 1. The first kappa shape index (κ1) is 15.6. The molecule has 7 heteroatoms. The molecule has 4 aromatic rings. The van der Waals surface area contributed by atoms with Gasteiger partial charge in [-0.2, -0.15) is 5.10 Å². The second-order valence-electron chi connectivity index (χ2n) is 7.11. The lowest BCUT2D eigenvalue weighted by Crippen LogP contribution is -2.31. The van der Waals surface area contributed by atoms with Crippen LogP contribution in [0.1, 0.15) is 25.8 Å². The second-order valence-corrected chi connectivity index (χ2v) is 7.11. The summed E-state index contributed by atoms with van der Waals surface area (Å²) in [6.45, 7) is 5.21. The van der Waals surface area contributed by atoms with Gasteiger partial charge in [-0.3, -0.25) is 0 Å². The number of benzene rings is 1. The molecule has 134 valence electrons. The Kier molecular flexibility index (Phi) is 3.56. The van der Waals surface area contributed by atoms with Crippen LogP contribution in [0.2, 0.25) is 0 Å². The third kappa shape index (κ3) is 2.34. The SMILES string of the molecule is CCn1c(-c2nc3c(cnn3C3CCN(C)CC3)[nH]2)nc2ccccc21. The predicted octanol–water partition coefficient (Wildman–Crippen LogP) is 3.06. The Labute approximate surface area is 151 Å². The molecule has 7 nitrogen and oxygen atoms in total. The molecule has 0 unspecified atom stereocenters. The first-order chi connectivity index (χ1) is 12.7. The highest BCUT2D eigenvalue weighted by molar-refractivity contribution is 5.81. The summed E-state index contributed by atoms with van der Waals surface area (Å²) < 4.78 is 4.31. The molecule has 5 rings (SSSR count). The van der Waals surface area contributed by atoms with Gasteiger partial charge in [-0.05, 0) is 52.0 Å². The van der Waals surface area contributed by atoms with Crippen molar-refractivity contribution in [3.8, 4) is 11.6 Å². The summed E-state index contributed by atoms with van der Waals surface area (Å²) in [6.07, 6.45) is 4.12. The Morgan fingerprint density at radius 2 is 1.96 bits per heavy atom. The van der Waals surface area contributed by atoms with Gasteiger partial charge < -0.3 is 14.5 Å². The van der Waals surface area contributed by atoms with E-state index in [2.05, 4.69) is 50.3 Å². The van der Waals surface area contributed by atoms with Crippen molar-refractivity contribution in [2.24, 2.45) is 0 Å². The molecule has 0 aliphatic carbocycles. The number of aryl methyl sites for hydroxylation is 1. The Balaban J connectivity index is 1.59. The fourth-order valence-corrected chi connectivity index (χ4v) is 4.01. The van der Waals surface area contributed by atoms with Crippen molar-refractivity contribution in [1.82, 2.24) is 34.2 Å². The number of aromatic nitrogens is 6. The van der Waals surface area contributed by atoms with Gasteiger partial charge in [0.15, 0.2) is 17.3 Å². The average Bonchev–Trinajstić information content (AvgIpc) is 3.33. The first-order valence-corrected chi connectivity index (χ1v) is 9.32. The maximum atomic E-state index is 4.89. The minimum Gasteiger partial charge on any atom is -0.333 e. The van der Waals surface area contributed by atoms with Gasteiger partial charge in [0.25, 0.3) is 0 Å². The molecule has 3 aromatic heterocycles. The molecule has 0 atom stereocenters. The van der Waals surface area contributed by atoms with Crippen LogP contribution in [0.25, 0.3) is 33.8 Å². The van der Waals surface area contributed by atoms with E-state index in [4.69, 9.17) is 9.97 Å². The van der Waals surface area contributed by atoms with E-state index in [1.54, 1.807) is 0 Å². The number of para-hydroxylation sites is 2. The van der Waals surface area contributed by atoms with Gasteiger partial charge in [0, 0.05) is 6.54 Å². The average molecular weight is 349 g/mol. The van der Waals surface area contributed by atoms with Crippen LogP contribution in [0.5, 0.6) is 0 Å². The van der Waals surface area contributed by atoms with Gasteiger partial charge in [-0.1, -0.05) is 12.1 Å². The van der Waals surface area contributed by atoms with Crippen LogP contribution in [0.3, 0.4) is 0 Å². The molecule has 1 aliphatic rings. The molecule has 0 spiro atoms. The Bertz CT molecular complexity index is 1060. The quantitative estimate of drug-likeness (QED) is 0.617. The fourth-order valence-electron chi connectivity index (χ4n) is 4.01. The lowest BCUT2D eigenvalue weighted by atomic mass is 10.1. The Morgan fingerprint density at radius 1 is 1.15 bits per heavy atom. The molecular formula is C19H23N7. The summed E-state index contributed by atoms with van der Waals surface area (Å²) in [7, 11) is 2.18. The number of rotatable bonds is 3. The largest absolute Gasteiger partial charge is 0.333 e. The van der Waals surface area contributed by atoms with Crippen LogP contribution in [0.4, 0.5) is 0 Å². The predicted molar refractivity (Wildman–Crippen MR) is 102 cm³/mol. The Hall–Kier alpha value is -2.67. The fraction of sp³-hybridized carbons (Fsp3) is 0.421. The number of H-pyrrole nitrogens is 1. The smallest absolute Gasteiger partial charge is 0.177 e. The topological polar surface area (TPSA) is 67.6 Å². The number of likely N-dealkylation sites (tertiary alicyclic amines) is 1. The van der Waals surface area contributed by atoms with Crippen molar-refractivity contribution in [1.29, 1.82) is 0 Å². The van der Waals surface area contributed by atoms with Crippen molar-refractivity contribution in [2.75, 3.05) is 20.1 Å². The van der Waals surface area contributed by atoms with Crippen molar-refractivity contribution in [2.45, 2.75) is 32.4 Å². The standard InChI is InChI=1S/C19H23N7/c1-3-25-16-7-5-4-6-14(16)22-19(25)17-21-15-12-20-26(18(15)23-17)13-8-10-24(2)11-9-13/h4-7,12-13H,3,8-11H2,1-2H3,(H,21,23). The van der Waals surface area contributed by atoms with Crippen LogP contribution in [-0.4, -0.2) is 54.3 Å². The van der Waals surface area contributed by atoms with Gasteiger partial charge >= 0.3 is 0 Å². The van der Waals surface area contributed by atoms with Gasteiger partial charge in [0.2, 0.25) is 0 Å². The highest BCUT2D eigenvalue weighted by atomic mass is 15.3. The molecule has 1 aliphatic heterocycles. The molecule has 1 fully saturated rings. The van der Waals surface area contributed by atoms with E-state index in [9.17, 15) is 0 Å². The first-order valence-electron chi connectivity index (χ1n) is 9.32. The van der Waals surface area contributed by atoms with E-state index < -0.39 is 0 Å². The summed E-state index contributed by atoms with van der Waals surface area (Å²) in [5, 5.41) is 4.60. The normalized spacial score (nSPS) is 16.8. The van der Waals surface area contributed by atoms with Crippen LogP contribution < -0.4 is 0 Å². The number of aromatic amines is 1. The zero-order chi connectivity index (χ0) is 17.7. The zero-order valence-electron chi connectivity index (χ0n) is 15.2. The van der Waals surface area contributed by atoms with Gasteiger partial charge in [0.05, 0.1) is 23.3 Å². The maximum absolute atomic E-state index is 4.89. The summed E-state index contributed by atoms with van der Waals surface area (Å²) in [4.78, 5) is 15.5. The van der Waals surface area contributed by atoms with Gasteiger partial charge in [-0.15, -0.1) is 0 Å². The third-order valence-electron chi connectivity index (χ3n) is 5.46. The molecule has 0 bridgehead atoms. The van der Waals surface area contributed by atoms with Crippen molar-refractivity contribution < 1.29 is 0 Å². The van der Waals surface area contributed by atoms with Gasteiger partial charge in [0.1, 0.15) is 5.52 Å². The lowest BCUT2D eigenvalue weighted by molar-refractivity contribution is 0.215. The second kappa shape index (κ2) is 5.95. The maximum Gasteiger partial charge on any atom is 0.177 e. The van der Waals surface area contributed by atoms with E-state index in [1.807, 2.05) is 18.3 Å². The van der Waals surface area contributed by atoms with Gasteiger partial charge in [-0.25, -0.2) is 14.6 Å². The highest BCUT2D eigenvalue weighted by Gasteiger charge is 2.23. The number of hydrogen-bond donors (Lipinski definition) is 1. The van der Waals surface area contributed by atoms with E-state index >= 15 is 0 Å². The number of nitrogens with zero attached hydrogens (tertiary/aromatic N) is 6. The molecule has 0 radical (unpaired) electrons. The molecule has 0 saturated carbocycles. The van der Waals surface area contributed by atoms with E-state index in [0.29, 0.717) is 6.04 Å². The molecule has 1 saturated heterocycles. The lowest BCUT2D eigenvalue weighted by Gasteiger charge is -2.28. The van der Waals surface area contributed by atoms with Crippen LogP contribution >= 0.6 is 0 Å². The monoisotopic (exact) mass is 349 g/mol. The summed E-state index contributed by atoms with van der Waals surface area (Å²) in [5.74, 6) is 1.71. The van der Waals surface area contributed by atoms with E-state index in [-0.39, 0.29) is 0 Å². The summed E-state index contributed by atoms with van der Waals surface area (Å²) in [6, 6.07) is 8.66. The molecule has 26 heavy (non-hydrogen) atoms. The summed E-state index contributed by atoms with van der Waals surface area (Å²) >= 11 is 0. The molecule has 1 aromatic carbocycles. The van der Waals surface area contributed by atoms with Crippen LogP contribution in [0, 0.1) is 0 Å². The van der Waals surface area contributed by atoms with Crippen LogP contribution in [0.15, 0.2) is 30.5 Å². The minimum atomic E-state index is 0.421. The van der Waals surface area contributed by atoms with Crippen molar-refractivity contribution in [3.05, 3.63) is 30.5 Å². The van der Waals surface area contributed by atoms with E-state index in [1.165, 1.54) is 0 Å². The zero-order valence-corrected chi connectivity index (χ0v) is 15.2. The number of imidazole rings is 2. The molecule has 0 amide bonds. The highest BCUT2D eigenvalue weighted by Crippen LogP contribution is 2.28. The molecule has 1 N–H and O–H groups in total. The number of hydrogen-bond acceptors (Lipinski definition) is 4. The molecular weight excluding hydrogens is 326 g/mol. The number of nitrogens with one attached hydrogen (secondary N) is 1. The van der Waals surface area contributed by atoms with E-state index in [0.717, 1.165) is 66.3 Å². The minimum absolute atomic E-state index is 0.421. The molecule has 4 heterocycles. The Morgan fingerprint density at radius 3 is 2.77 bits per heavy atom. The summed E-state index contributed by atoms with van der Waals surface area (Å²) in [5.41, 5.74) is 4.06. The van der Waals surface area contributed by atoms with Crippen molar-refractivity contribution >= 4 is 22.2 Å². The van der Waals surface area contributed by atoms with Crippen molar-refractivity contribution in [3.63, 3.8) is 0 Å². The number of fused-ring (bicyclic) bond motifs is 2. The third-order valence-corrected chi connectivity index (χ3v) is 5.46. The van der Waals surface area contributed by atoms with Crippen LogP contribution in [-0.2, 0) is 6.54 Å².